The first-order valence-electron chi connectivity index (χ1n) is 10.0. The Labute approximate surface area is 180 Å². The number of carboxylic acid groups (broad SMARTS) is 1. The number of para-hydroxylation sites is 1. The van der Waals surface area contributed by atoms with Crippen molar-refractivity contribution < 1.29 is 19.4 Å². The molecule has 0 aliphatic heterocycles. The number of fused-ring (bicyclic) bond motifs is 2. The van der Waals surface area contributed by atoms with Crippen LogP contribution in [0.25, 0.3) is 22.6 Å². The van der Waals surface area contributed by atoms with E-state index in [4.69, 9.17) is 19.7 Å². The Morgan fingerprint density at radius 1 is 1.26 bits per heavy atom. The van der Waals surface area contributed by atoms with E-state index < -0.39 is 5.97 Å². The Morgan fingerprint density at radius 2 is 2.06 bits per heavy atom. The van der Waals surface area contributed by atoms with Crippen molar-refractivity contribution in [1.82, 2.24) is 4.98 Å². The van der Waals surface area contributed by atoms with E-state index in [-0.39, 0.29) is 18.1 Å². The molecule has 3 aromatic rings. The number of carboxylic acids is 1. The summed E-state index contributed by atoms with van der Waals surface area (Å²) in [7, 11) is 1.54. The largest absolute Gasteiger partial charge is 0.545 e. The van der Waals surface area contributed by atoms with Crippen LogP contribution in [0.15, 0.2) is 42.5 Å². The topological polar surface area (TPSA) is 95.3 Å². The van der Waals surface area contributed by atoms with Gasteiger partial charge in [-0.25, -0.2) is 4.98 Å². The fraction of sp³-hybridized carbons (Fsp3) is 0.240. The number of ether oxygens (including phenoxy) is 2. The fourth-order valence-electron chi connectivity index (χ4n) is 4.17. The zero-order valence-electron chi connectivity index (χ0n) is 17.3. The molecule has 0 saturated carbocycles. The standard InChI is InChI=1S/C25H22N2O4/c1-15-11-17(13-16-7-8-21(31-10-9-26)22(14-16)30-2)24-19(12-15)23(25(28)29)18-5-3-4-6-20(18)27-24/h3-8,13-15H,10-12H2,1-2H3,(H,28,29)/p-1/b17-13+/t15-/m0/s1. The summed E-state index contributed by atoms with van der Waals surface area (Å²) in [6.45, 7) is 2.04. The first-order chi connectivity index (χ1) is 15.0. The number of benzene rings is 2. The first-order valence-corrected chi connectivity index (χ1v) is 10.0. The predicted octanol–water partition coefficient (Wildman–Crippen LogP) is 3.63. The Kier molecular flexibility index (Phi) is 5.59. The lowest BCUT2D eigenvalue weighted by atomic mass is 9.80. The van der Waals surface area contributed by atoms with E-state index in [0.29, 0.717) is 34.5 Å². The number of aromatic carboxylic acids is 1. The molecule has 6 heteroatoms. The number of carbonyl (C=O) groups is 1. The first kappa shape index (κ1) is 20.4. The molecule has 0 spiro atoms. The second-order valence-corrected chi connectivity index (χ2v) is 7.66. The molecule has 4 rings (SSSR count). The minimum Gasteiger partial charge on any atom is -0.545 e. The van der Waals surface area contributed by atoms with Gasteiger partial charge in [0.05, 0.1) is 24.3 Å². The highest BCUT2D eigenvalue weighted by molar-refractivity contribution is 6.05. The summed E-state index contributed by atoms with van der Waals surface area (Å²) < 4.78 is 10.8. The van der Waals surface area contributed by atoms with Crippen LogP contribution < -0.4 is 14.6 Å². The van der Waals surface area contributed by atoms with Crippen LogP contribution in [0, 0.1) is 17.2 Å². The third-order valence-corrected chi connectivity index (χ3v) is 5.44. The van der Waals surface area contributed by atoms with Gasteiger partial charge in [0.15, 0.2) is 18.1 Å². The number of nitriles is 1. The Balaban J connectivity index is 1.86. The van der Waals surface area contributed by atoms with Gasteiger partial charge in [-0.1, -0.05) is 31.2 Å². The second kappa shape index (κ2) is 8.49. The summed E-state index contributed by atoms with van der Waals surface area (Å²) in [6.07, 6.45) is 3.42. The number of methoxy groups -OCH3 is 1. The summed E-state index contributed by atoms with van der Waals surface area (Å²) >= 11 is 0. The van der Waals surface area contributed by atoms with Crippen molar-refractivity contribution >= 4 is 28.5 Å². The van der Waals surface area contributed by atoms with Crippen molar-refractivity contribution in [1.29, 1.82) is 5.26 Å². The van der Waals surface area contributed by atoms with E-state index >= 15 is 0 Å². The van der Waals surface area contributed by atoms with E-state index in [1.54, 1.807) is 19.2 Å². The van der Waals surface area contributed by atoms with Gasteiger partial charge in [-0.2, -0.15) is 5.26 Å². The number of aromatic nitrogens is 1. The van der Waals surface area contributed by atoms with Crippen molar-refractivity contribution in [2.45, 2.75) is 19.8 Å². The molecule has 156 valence electrons. The highest BCUT2D eigenvalue weighted by Crippen LogP contribution is 2.39. The maximum atomic E-state index is 12.1. The molecule has 31 heavy (non-hydrogen) atoms. The van der Waals surface area contributed by atoms with Gasteiger partial charge in [0.1, 0.15) is 6.07 Å². The normalized spacial score (nSPS) is 16.5. The van der Waals surface area contributed by atoms with E-state index in [2.05, 4.69) is 6.92 Å². The molecule has 0 fully saturated rings. The maximum Gasteiger partial charge on any atom is 0.174 e. The summed E-state index contributed by atoms with van der Waals surface area (Å²) in [4.78, 5) is 16.9. The molecule has 1 aliphatic carbocycles. The zero-order valence-corrected chi connectivity index (χ0v) is 17.3. The number of rotatable bonds is 5. The van der Waals surface area contributed by atoms with Gasteiger partial charge >= 0.3 is 0 Å². The molecule has 1 aromatic heterocycles. The summed E-state index contributed by atoms with van der Waals surface area (Å²) in [6, 6.07) is 14.7. The Bertz CT molecular complexity index is 1240. The van der Waals surface area contributed by atoms with E-state index in [1.165, 1.54) is 0 Å². The molecule has 6 nitrogen and oxygen atoms in total. The average Bonchev–Trinajstić information content (AvgIpc) is 2.76. The van der Waals surface area contributed by atoms with Crippen molar-refractivity contribution in [2.75, 3.05) is 13.7 Å². The van der Waals surface area contributed by atoms with Crippen LogP contribution >= 0.6 is 0 Å². The number of carbonyl (C=O) groups excluding carboxylic acids is 1. The fourth-order valence-corrected chi connectivity index (χ4v) is 4.17. The maximum absolute atomic E-state index is 12.1. The lowest BCUT2D eigenvalue weighted by molar-refractivity contribution is -0.254. The van der Waals surface area contributed by atoms with E-state index in [1.807, 2.05) is 42.5 Å². The number of hydrogen-bond donors (Lipinski definition) is 0. The summed E-state index contributed by atoms with van der Waals surface area (Å²) in [5, 5.41) is 21.4. The van der Waals surface area contributed by atoms with Gasteiger partial charge in [0, 0.05) is 10.9 Å². The van der Waals surface area contributed by atoms with Crippen LogP contribution in [0.1, 0.15) is 40.5 Å². The number of allylic oxidation sites excluding steroid dienone is 1. The number of nitrogens with zero attached hydrogens (tertiary/aromatic N) is 2. The van der Waals surface area contributed by atoms with Gasteiger partial charge in [-0.15, -0.1) is 0 Å². The monoisotopic (exact) mass is 413 g/mol. The molecular weight excluding hydrogens is 392 g/mol. The molecule has 1 atom stereocenters. The third-order valence-electron chi connectivity index (χ3n) is 5.44. The quantitative estimate of drug-likeness (QED) is 0.634. The minimum atomic E-state index is -1.18. The molecule has 2 aromatic carbocycles. The van der Waals surface area contributed by atoms with Gasteiger partial charge in [0.2, 0.25) is 0 Å². The Hall–Kier alpha value is -3.85. The molecule has 0 saturated heterocycles. The Morgan fingerprint density at radius 3 is 2.81 bits per heavy atom. The third kappa shape index (κ3) is 3.95. The smallest absolute Gasteiger partial charge is 0.174 e. The predicted molar refractivity (Wildman–Crippen MR) is 116 cm³/mol. The summed E-state index contributed by atoms with van der Waals surface area (Å²) in [5.74, 6) is 0.103. The van der Waals surface area contributed by atoms with E-state index in [0.717, 1.165) is 23.1 Å². The number of hydrogen-bond acceptors (Lipinski definition) is 6. The van der Waals surface area contributed by atoms with Crippen LogP contribution in [0.5, 0.6) is 11.5 Å². The molecule has 0 radical (unpaired) electrons. The lowest BCUT2D eigenvalue weighted by Gasteiger charge is -2.27. The lowest BCUT2D eigenvalue weighted by Crippen LogP contribution is -2.27. The van der Waals surface area contributed by atoms with Crippen LogP contribution in [0.2, 0.25) is 0 Å². The second-order valence-electron chi connectivity index (χ2n) is 7.66. The zero-order chi connectivity index (χ0) is 22.0. The molecule has 0 bridgehead atoms. The van der Waals surface area contributed by atoms with Gasteiger partial charge in [-0.3, -0.25) is 0 Å². The molecule has 1 heterocycles. The van der Waals surface area contributed by atoms with Crippen LogP contribution in [0.3, 0.4) is 0 Å². The van der Waals surface area contributed by atoms with Gasteiger partial charge in [-0.05, 0) is 59.7 Å². The van der Waals surface area contributed by atoms with E-state index in [9.17, 15) is 9.90 Å². The van der Waals surface area contributed by atoms with Gasteiger partial charge in [0.25, 0.3) is 0 Å². The van der Waals surface area contributed by atoms with Crippen molar-refractivity contribution in [2.24, 2.45) is 5.92 Å². The molecule has 1 aliphatic rings. The molecule has 0 N–H and O–H groups in total. The van der Waals surface area contributed by atoms with Crippen LogP contribution in [0.4, 0.5) is 0 Å². The SMILES string of the molecule is COc1cc(/C=C2\C[C@H](C)Cc3c2nc2ccccc2c3C(=O)[O-])ccc1OCC#N. The number of pyridine rings is 1. The molecule has 0 unspecified atom stereocenters. The van der Waals surface area contributed by atoms with Crippen LogP contribution in [-0.2, 0) is 6.42 Å². The highest BCUT2D eigenvalue weighted by atomic mass is 16.5. The van der Waals surface area contributed by atoms with Crippen molar-refractivity contribution in [3.63, 3.8) is 0 Å². The molecule has 0 amide bonds. The highest BCUT2D eigenvalue weighted by Gasteiger charge is 2.25. The van der Waals surface area contributed by atoms with Crippen molar-refractivity contribution in [3.8, 4) is 17.6 Å². The molecular formula is C25H21N2O4-. The summed E-state index contributed by atoms with van der Waals surface area (Å²) in [5.41, 5.74) is 4.15. The van der Waals surface area contributed by atoms with Crippen LogP contribution in [-0.4, -0.2) is 24.7 Å². The van der Waals surface area contributed by atoms with Crippen molar-refractivity contribution in [3.05, 3.63) is 64.8 Å². The van der Waals surface area contributed by atoms with Gasteiger partial charge < -0.3 is 19.4 Å². The average molecular weight is 413 g/mol. The minimum absolute atomic E-state index is 0.0648.